The molecular weight excluding hydrogens is 666 g/mol. The number of rotatable bonds is 3. The molecule has 6 atom stereocenters. The van der Waals surface area contributed by atoms with Crippen LogP contribution in [0.15, 0.2) is 63.5 Å². The normalized spacial score (nSPS) is 27.2. The molecule has 51 heavy (non-hydrogen) atoms. The molecule has 0 spiro atoms. The average Bonchev–Trinajstić information content (AvgIpc) is 3.54. The minimum absolute atomic E-state index is 0.000891. The number of phenolic OH excluding ortho intramolecular Hbond substituents is 1. The van der Waals surface area contributed by atoms with E-state index in [0.717, 1.165) is 0 Å². The molecule has 3 aromatic carbocycles. The number of amidine groups is 1. The smallest absolute Gasteiger partial charge is 0.302 e. The molecule has 0 saturated carbocycles. The topological polar surface area (TPSA) is 246 Å². The molecule has 16 heteroatoms. The Morgan fingerprint density at radius 2 is 1.71 bits per heavy atom. The first-order valence-corrected chi connectivity index (χ1v) is 16.1. The average molecular weight is 698 g/mol. The van der Waals surface area contributed by atoms with Gasteiger partial charge in [-0.1, -0.05) is 24.3 Å². The fraction of sp³-hybridized carbons (Fsp3) is 0.314. The van der Waals surface area contributed by atoms with Gasteiger partial charge in [0, 0.05) is 40.5 Å². The molecule has 7 N–H and O–H groups in total. The lowest BCUT2D eigenvalue weighted by molar-refractivity contribution is -0.279. The zero-order chi connectivity index (χ0) is 35.7. The Morgan fingerprint density at radius 3 is 2.51 bits per heavy atom. The van der Waals surface area contributed by atoms with Gasteiger partial charge in [0.2, 0.25) is 12.2 Å². The van der Waals surface area contributed by atoms with Crippen LogP contribution < -0.4 is 15.4 Å². The number of aliphatic hydroxyl groups is 4. The van der Waals surface area contributed by atoms with E-state index in [-0.39, 0.29) is 84.0 Å². The Bertz CT molecular complexity index is 2110. The van der Waals surface area contributed by atoms with Crippen molar-refractivity contribution in [3.8, 4) is 11.5 Å². The van der Waals surface area contributed by atoms with Crippen molar-refractivity contribution in [2.24, 2.45) is 20.7 Å². The highest BCUT2D eigenvalue weighted by Crippen LogP contribution is 2.49. The van der Waals surface area contributed by atoms with Gasteiger partial charge in [0.25, 0.3) is 0 Å². The molecule has 1 fully saturated rings. The van der Waals surface area contributed by atoms with Gasteiger partial charge in [-0.05, 0) is 41.8 Å². The van der Waals surface area contributed by atoms with Crippen molar-refractivity contribution >= 4 is 40.7 Å². The fourth-order valence-electron chi connectivity index (χ4n) is 7.16. The number of hydrogen-bond donors (Lipinski definition) is 6. The van der Waals surface area contributed by atoms with E-state index in [4.69, 9.17) is 19.9 Å². The summed E-state index contributed by atoms with van der Waals surface area (Å²) >= 11 is 0. The van der Waals surface area contributed by atoms with Crippen LogP contribution >= 0.6 is 0 Å². The number of ketones is 2. The molecule has 262 valence electrons. The zero-order valence-electron chi connectivity index (χ0n) is 26.7. The molecule has 5 aliphatic rings. The summed E-state index contributed by atoms with van der Waals surface area (Å²) in [5, 5.41) is 54.0. The van der Waals surface area contributed by atoms with Crippen LogP contribution in [0.3, 0.4) is 0 Å². The third kappa shape index (κ3) is 5.22. The third-order valence-corrected chi connectivity index (χ3v) is 9.70. The van der Waals surface area contributed by atoms with Crippen LogP contribution in [0.5, 0.6) is 11.5 Å². The SMILES string of the molecule is NC1=NC(=O)C2=NCN(c3ccccc3[C@@H]3CCOC[C@@H]4O[C@H](Oc5c3cc3c(c5O)C(=O)c5cc(CO)ccc5C3=O)[C@@H](O)[C@H](O)[C@H]4O)C2=N1. The second-order valence-electron chi connectivity index (χ2n) is 12.7. The van der Waals surface area contributed by atoms with E-state index in [2.05, 4.69) is 15.0 Å². The largest absolute Gasteiger partial charge is 0.504 e. The van der Waals surface area contributed by atoms with Crippen LogP contribution in [-0.2, 0) is 20.9 Å². The molecule has 4 aliphatic heterocycles. The van der Waals surface area contributed by atoms with Gasteiger partial charge >= 0.3 is 5.91 Å². The van der Waals surface area contributed by atoms with Crippen molar-refractivity contribution in [3.05, 3.63) is 87.5 Å². The number of amides is 1. The number of aromatic hydroxyl groups is 1. The number of hydrogen-bond acceptors (Lipinski definition) is 15. The number of aliphatic imine (C=N–C) groups is 3. The fourth-order valence-corrected chi connectivity index (χ4v) is 7.16. The summed E-state index contributed by atoms with van der Waals surface area (Å²) in [5.41, 5.74) is 7.16. The summed E-state index contributed by atoms with van der Waals surface area (Å²) in [4.78, 5) is 54.6. The lowest BCUT2D eigenvalue weighted by atomic mass is 9.78. The summed E-state index contributed by atoms with van der Waals surface area (Å²) in [6, 6.07) is 12.9. The number of carbonyl (C=O) groups is 3. The van der Waals surface area contributed by atoms with E-state index in [1.54, 1.807) is 29.2 Å². The summed E-state index contributed by atoms with van der Waals surface area (Å²) in [6.45, 7) is -0.550. The lowest BCUT2D eigenvalue weighted by Gasteiger charge is -2.40. The predicted molar refractivity (Wildman–Crippen MR) is 177 cm³/mol. The van der Waals surface area contributed by atoms with Crippen LogP contribution in [0.4, 0.5) is 5.69 Å². The van der Waals surface area contributed by atoms with E-state index in [0.29, 0.717) is 16.8 Å². The second-order valence-corrected chi connectivity index (χ2v) is 12.7. The second kappa shape index (κ2) is 12.4. The highest BCUT2D eigenvalue weighted by atomic mass is 16.7. The molecule has 16 nitrogen and oxygen atoms in total. The number of phenols is 1. The Balaban J connectivity index is 1.33. The standard InChI is InChI=1S/C35H31N5O11/c36-35-38-32-24(33(48)39-35)37-13-40(32)21-4-2-1-3-16(21)15-7-8-49-12-22-27(44)29(46)30(47)34(50-22)51-31-19(15)10-20-23(28(31)45)26(43)18-9-14(11-41)5-6-17(18)25(20)42/h1-6,9-10,15,22,27,29-30,34,41,44-47H,7-8,11-13H2,(H2,36,39,48)/t15-,22-,27-,29+,30-,34+/m0/s1. The third-order valence-electron chi connectivity index (χ3n) is 9.70. The Kier molecular flexibility index (Phi) is 8.01. The monoisotopic (exact) mass is 697 g/mol. The minimum Gasteiger partial charge on any atom is -0.504 e. The molecule has 1 aliphatic carbocycles. The van der Waals surface area contributed by atoms with Crippen LogP contribution in [0.2, 0.25) is 0 Å². The van der Waals surface area contributed by atoms with Gasteiger partial charge in [-0.3, -0.25) is 19.4 Å². The summed E-state index contributed by atoms with van der Waals surface area (Å²) in [6.07, 6.45) is -7.67. The number of para-hydroxylation sites is 1. The molecule has 2 bridgehead atoms. The number of aliphatic hydroxyl groups excluding tert-OH is 4. The summed E-state index contributed by atoms with van der Waals surface area (Å²) in [5.74, 6) is -3.75. The van der Waals surface area contributed by atoms with Crippen LogP contribution in [0, 0.1) is 0 Å². The van der Waals surface area contributed by atoms with Crippen molar-refractivity contribution < 1.29 is 54.1 Å². The van der Waals surface area contributed by atoms with E-state index in [1.165, 1.54) is 24.3 Å². The van der Waals surface area contributed by atoms with Crippen molar-refractivity contribution in [2.45, 2.75) is 49.7 Å². The van der Waals surface area contributed by atoms with Crippen molar-refractivity contribution in [3.63, 3.8) is 0 Å². The van der Waals surface area contributed by atoms with Gasteiger partial charge in [-0.25, -0.2) is 0 Å². The van der Waals surface area contributed by atoms with Crippen molar-refractivity contribution in [1.29, 1.82) is 0 Å². The maximum atomic E-state index is 14.1. The molecule has 0 aromatic heterocycles. The number of guanidine groups is 1. The number of fused-ring (bicyclic) bond motifs is 6. The molecule has 1 saturated heterocycles. The minimum atomic E-state index is -1.80. The Labute approximate surface area is 288 Å². The van der Waals surface area contributed by atoms with Crippen LogP contribution in [0.1, 0.15) is 60.9 Å². The first kappa shape index (κ1) is 32.8. The molecule has 0 radical (unpaired) electrons. The van der Waals surface area contributed by atoms with E-state index in [1.807, 2.05) is 0 Å². The van der Waals surface area contributed by atoms with Gasteiger partial charge in [0.15, 0.2) is 34.6 Å². The molecule has 8 rings (SSSR count). The van der Waals surface area contributed by atoms with Gasteiger partial charge < -0.3 is 50.4 Å². The Hall–Kier alpha value is -5.36. The lowest BCUT2D eigenvalue weighted by Crippen LogP contribution is -2.60. The number of nitrogens with zero attached hydrogens (tertiary/aromatic N) is 4. The summed E-state index contributed by atoms with van der Waals surface area (Å²) in [7, 11) is 0. The van der Waals surface area contributed by atoms with E-state index >= 15 is 0 Å². The molecular formula is C35H31N5O11. The first-order chi connectivity index (χ1) is 24.6. The van der Waals surface area contributed by atoms with Gasteiger partial charge in [-0.2, -0.15) is 9.98 Å². The van der Waals surface area contributed by atoms with Gasteiger partial charge in [0.1, 0.15) is 31.1 Å². The molecule has 0 unspecified atom stereocenters. The quantitative estimate of drug-likeness (QED) is 0.164. The number of anilines is 1. The van der Waals surface area contributed by atoms with Crippen LogP contribution in [0.25, 0.3) is 0 Å². The van der Waals surface area contributed by atoms with Gasteiger partial charge in [-0.15, -0.1) is 0 Å². The predicted octanol–water partition coefficient (Wildman–Crippen LogP) is -0.130. The van der Waals surface area contributed by atoms with Crippen LogP contribution in [-0.4, -0.2) is 111 Å². The number of ether oxygens (including phenoxy) is 3. The molecule has 1 amide bonds. The summed E-state index contributed by atoms with van der Waals surface area (Å²) < 4.78 is 17.9. The number of carbonyl (C=O) groups excluding carboxylic acids is 3. The van der Waals surface area contributed by atoms with Crippen molar-refractivity contribution in [2.75, 3.05) is 24.8 Å². The first-order valence-electron chi connectivity index (χ1n) is 16.1. The number of benzene rings is 3. The molecule has 4 heterocycles. The highest BCUT2D eigenvalue weighted by molar-refractivity contribution is 6.72. The number of nitrogens with two attached hydrogens (primary N) is 1. The van der Waals surface area contributed by atoms with E-state index in [9.17, 15) is 39.9 Å². The maximum absolute atomic E-state index is 14.1. The Morgan fingerprint density at radius 1 is 0.902 bits per heavy atom. The van der Waals surface area contributed by atoms with Crippen molar-refractivity contribution in [1.82, 2.24) is 0 Å². The molecule has 3 aromatic rings. The van der Waals surface area contributed by atoms with E-state index < -0.39 is 59.8 Å². The maximum Gasteiger partial charge on any atom is 0.302 e. The van der Waals surface area contributed by atoms with Gasteiger partial charge in [0.05, 0.1) is 18.8 Å². The zero-order valence-corrected chi connectivity index (χ0v) is 26.7. The highest BCUT2D eigenvalue weighted by Gasteiger charge is 2.47.